The molecule has 0 radical (unpaired) electrons. The minimum atomic E-state index is -0.341. The van der Waals surface area contributed by atoms with Crippen LogP contribution in [0.25, 0.3) is 16.9 Å². The van der Waals surface area contributed by atoms with Crippen molar-refractivity contribution in [2.75, 3.05) is 12.4 Å². The highest BCUT2D eigenvalue weighted by molar-refractivity contribution is 5.90. The third-order valence-corrected chi connectivity index (χ3v) is 4.54. The molecule has 0 aliphatic heterocycles. The predicted octanol–water partition coefficient (Wildman–Crippen LogP) is 5.41. The van der Waals surface area contributed by atoms with Gasteiger partial charge in [-0.3, -0.25) is 4.40 Å². The van der Waals surface area contributed by atoms with Crippen molar-refractivity contribution in [1.29, 1.82) is 0 Å². The average molecular weight is 380 g/mol. The third kappa shape index (κ3) is 4.35. The van der Waals surface area contributed by atoms with Crippen molar-refractivity contribution in [2.24, 2.45) is 5.41 Å². The van der Waals surface area contributed by atoms with Gasteiger partial charge >= 0.3 is 5.97 Å². The number of ether oxygens (including phenoxy) is 1. The number of aromatic nitrogens is 2. The maximum Gasteiger partial charge on any atom is 0.337 e. The van der Waals surface area contributed by atoms with Crippen molar-refractivity contribution in [3.05, 3.63) is 54.2 Å². The Morgan fingerprint density at radius 2 is 1.75 bits per heavy atom. The van der Waals surface area contributed by atoms with E-state index < -0.39 is 0 Å². The van der Waals surface area contributed by atoms with E-state index in [2.05, 4.69) is 44.3 Å². The highest BCUT2D eigenvalue weighted by Gasteiger charge is 2.28. The first-order chi connectivity index (χ1) is 13.1. The van der Waals surface area contributed by atoms with Crippen LogP contribution in [0.2, 0.25) is 0 Å². The van der Waals surface area contributed by atoms with Crippen LogP contribution in [0.4, 0.5) is 5.82 Å². The molecule has 5 nitrogen and oxygen atoms in total. The summed E-state index contributed by atoms with van der Waals surface area (Å²) in [6, 6.07) is 13.3. The number of carbonyl (C=O) groups is 1. The van der Waals surface area contributed by atoms with E-state index in [1.54, 1.807) is 12.1 Å². The van der Waals surface area contributed by atoms with Crippen molar-refractivity contribution in [1.82, 2.24) is 9.38 Å². The van der Waals surface area contributed by atoms with Gasteiger partial charge in [-0.2, -0.15) is 0 Å². The third-order valence-electron chi connectivity index (χ3n) is 4.54. The molecule has 0 amide bonds. The van der Waals surface area contributed by atoms with Crippen LogP contribution in [-0.4, -0.2) is 28.0 Å². The number of rotatable bonds is 5. The van der Waals surface area contributed by atoms with Crippen LogP contribution in [0.15, 0.2) is 48.7 Å². The summed E-state index contributed by atoms with van der Waals surface area (Å²) in [6.07, 6.45) is 3.02. The maximum atomic E-state index is 11.7. The molecule has 0 saturated carbocycles. The van der Waals surface area contributed by atoms with Crippen LogP contribution < -0.4 is 5.32 Å². The van der Waals surface area contributed by atoms with Crippen LogP contribution in [-0.2, 0) is 4.74 Å². The van der Waals surface area contributed by atoms with Gasteiger partial charge in [0, 0.05) is 17.3 Å². The Kier molecular flexibility index (Phi) is 5.20. The molecule has 0 atom stereocenters. The maximum absolute atomic E-state index is 11.7. The normalized spacial score (nSPS) is 12.2. The van der Waals surface area contributed by atoms with Crippen LogP contribution in [0.3, 0.4) is 0 Å². The zero-order chi connectivity index (χ0) is 20.5. The number of nitrogens with zero attached hydrogens (tertiary/aromatic N) is 2. The Balaban J connectivity index is 2.06. The molecule has 3 rings (SSSR count). The Morgan fingerprint density at radius 1 is 1.07 bits per heavy atom. The zero-order valence-corrected chi connectivity index (χ0v) is 17.5. The van der Waals surface area contributed by atoms with E-state index >= 15 is 0 Å². The molecule has 0 aliphatic rings. The smallest absolute Gasteiger partial charge is 0.337 e. The molecule has 2 heterocycles. The molecule has 3 aromatic rings. The van der Waals surface area contributed by atoms with Crippen molar-refractivity contribution >= 4 is 17.4 Å². The molecule has 1 aromatic carbocycles. The van der Waals surface area contributed by atoms with Gasteiger partial charge in [-0.05, 0) is 49.9 Å². The second kappa shape index (κ2) is 7.30. The number of carbonyl (C=O) groups excluding carboxylic acids is 1. The molecule has 28 heavy (non-hydrogen) atoms. The highest BCUT2D eigenvalue weighted by atomic mass is 16.5. The first-order valence-corrected chi connectivity index (χ1v) is 9.54. The largest absolute Gasteiger partial charge is 0.465 e. The van der Waals surface area contributed by atoms with Crippen LogP contribution in [0.1, 0.15) is 51.4 Å². The molecular weight excluding hydrogens is 350 g/mol. The molecule has 1 N–H and O–H groups in total. The molecule has 2 aromatic heterocycles. The first kappa shape index (κ1) is 19.9. The molecular formula is C23H29N3O2. The fourth-order valence-electron chi connectivity index (χ4n) is 3.89. The monoisotopic (exact) mass is 379 g/mol. The van der Waals surface area contributed by atoms with Gasteiger partial charge < -0.3 is 10.1 Å². The molecule has 148 valence electrons. The van der Waals surface area contributed by atoms with Gasteiger partial charge in [-0.25, -0.2) is 9.78 Å². The second-order valence-corrected chi connectivity index (χ2v) is 9.05. The Labute approximate surface area is 166 Å². The van der Waals surface area contributed by atoms with Gasteiger partial charge in [0.25, 0.3) is 0 Å². The SMILES string of the molecule is COC(=O)c1ccc(-c2nc3ccccn3c2NC(C)(C)CC(C)(C)C)cc1. The fraction of sp³-hybridized carbons (Fsp3) is 0.391. The number of nitrogens with one attached hydrogen (secondary N) is 1. The number of imidazole rings is 1. The number of methoxy groups -OCH3 is 1. The molecule has 0 fully saturated rings. The summed E-state index contributed by atoms with van der Waals surface area (Å²) < 4.78 is 6.87. The Morgan fingerprint density at radius 3 is 2.36 bits per heavy atom. The molecule has 5 heteroatoms. The number of hydrogen-bond donors (Lipinski definition) is 1. The summed E-state index contributed by atoms with van der Waals surface area (Å²) in [6.45, 7) is 11.2. The molecule has 0 spiro atoms. The van der Waals surface area contributed by atoms with Gasteiger partial charge in [0.1, 0.15) is 17.2 Å². The van der Waals surface area contributed by atoms with Gasteiger partial charge in [0.05, 0.1) is 12.7 Å². The number of anilines is 1. The number of pyridine rings is 1. The fourth-order valence-corrected chi connectivity index (χ4v) is 3.89. The standard InChI is InChI=1S/C23H29N3O2/c1-22(2,3)15-23(4,5)25-20-19(24-18-9-7-8-14-26(18)20)16-10-12-17(13-11-16)21(27)28-6/h7-14,25H,15H2,1-6H3. The van der Waals surface area contributed by atoms with Crippen molar-refractivity contribution in [2.45, 2.75) is 46.6 Å². The van der Waals surface area contributed by atoms with E-state index in [1.807, 2.05) is 36.5 Å². The molecule has 0 saturated heterocycles. The van der Waals surface area contributed by atoms with E-state index in [4.69, 9.17) is 9.72 Å². The lowest BCUT2D eigenvalue weighted by Gasteiger charge is -2.34. The van der Waals surface area contributed by atoms with E-state index in [0.29, 0.717) is 5.56 Å². The number of fused-ring (bicyclic) bond motifs is 1. The zero-order valence-electron chi connectivity index (χ0n) is 17.5. The predicted molar refractivity (Wildman–Crippen MR) is 114 cm³/mol. The summed E-state index contributed by atoms with van der Waals surface area (Å²) >= 11 is 0. The Bertz CT molecular complexity index is 979. The Hall–Kier alpha value is -2.82. The lowest BCUT2D eigenvalue weighted by Crippen LogP contribution is -2.36. The number of esters is 1. The average Bonchev–Trinajstić information content (AvgIpc) is 2.97. The highest BCUT2D eigenvalue weighted by Crippen LogP contribution is 2.34. The minimum Gasteiger partial charge on any atom is -0.465 e. The van der Waals surface area contributed by atoms with E-state index in [1.165, 1.54) is 7.11 Å². The summed E-state index contributed by atoms with van der Waals surface area (Å²) in [5.74, 6) is 0.613. The van der Waals surface area contributed by atoms with E-state index in [-0.39, 0.29) is 16.9 Å². The summed E-state index contributed by atoms with van der Waals surface area (Å²) in [5, 5.41) is 3.72. The quantitative estimate of drug-likeness (QED) is 0.602. The minimum absolute atomic E-state index is 0.120. The molecule has 0 aliphatic carbocycles. The first-order valence-electron chi connectivity index (χ1n) is 9.54. The van der Waals surface area contributed by atoms with Crippen LogP contribution in [0.5, 0.6) is 0 Å². The van der Waals surface area contributed by atoms with Crippen molar-refractivity contribution < 1.29 is 9.53 Å². The van der Waals surface area contributed by atoms with Crippen molar-refractivity contribution in [3.8, 4) is 11.3 Å². The van der Waals surface area contributed by atoms with Crippen molar-refractivity contribution in [3.63, 3.8) is 0 Å². The van der Waals surface area contributed by atoms with Gasteiger partial charge in [0.2, 0.25) is 0 Å². The van der Waals surface area contributed by atoms with E-state index in [0.717, 1.165) is 29.1 Å². The molecule has 0 bridgehead atoms. The molecule has 0 unspecified atom stereocenters. The lowest BCUT2D eigenvalue weighted by atomic mass is 9.82. The van der Waals surface area contributed by atoms with Gasteiger partial charge in [-0.1, -0.05) is 39.0 Å². The van der Waals surface area contributed by atoms with Gasteiger partial charge in [-0.15, -0.1) is 0 Å². The second-order valence-electron chi connectivity index (χ2n) is 9.05. The summed E-state index contributed by atoms with van der Waals surface area (Å²) in [4.78, 5) is 16.6. The topological polar surface area (TPSA) is 55.6 Å². The summed E-state index contributed by atoms with van der Waals surface area (Å²) in [5.41, 5.74) is 3.29. The van der Waals surface area contributed by atoms with E-state index in [9.17, 15) is 4.79 Å². The number of benzene rings is 1. The van der Waals surface area contributed by atoms with Crippen LogP contribution in [0, 0.1) is 5.41 Å². The lowest BCUT2D eigenvalue weighted by molar-refractivity contribution is 0.0600. The van der Waals surface area contributed by atoms with Gasteiger partial charge in [0.15, 0.2) is 0 Å². The number of hydrogen-bond acceptors (Lipinski definition) is 4. The summed E-state index contributed by atoms with van der Waals surface area (Å²) in [7, 11) is 1.39. The van der Waals surface area contributed by atoms with Crippen LogP contribution >= 0.6 is 0 Å².